The number of nitrogens with zero attached hydrogens (tertiary/aromatic N) is 4. The van der Waals surface area contributed by atoms with Crippen LogP contribution in [0, 0.1) is 0 Å². The van der Waals surface area contributed by atoms with Gasteiger partial charge in [0.2, 0.25) is 5.88 Å². The first-order chi connectivity index (χ1) is 21.9. The minimum Gasteiger partial charge on any atom is -0.499 e. The van der Waals surface area contributed by atoms with Gasteiger partial charge in [-0.05, 0) is 51.3 Å². The number of carbonyl (C=O) groups is 1. The predicted octanol–water partition coefficient (Wildman–Crippen LogP) is 7.11. The topological polar surface area (TPSA) is 122 Å². The number of ether oxygens (including phenoxy) is 3. The summed E-state index contributed by atoms with van der Waals surface area (Å²) in [4.78, 5) is 18.2. The standard InChI is InChI=1S/C24H23F5N4O5S2.C5H10O2/c1-13-11-33-15(12-32(13)22(34)37-23(2,3)4)10-18(31-33)19-17(9-14(26)5-7-25)20-16(6-8-39-20)21(30-19)38-40(35,36)24(27,28)29;1-3-7-5-4-6-2/h5-10,13H,11-12H2,1-4H3;3H,1,4-5H2,2H3/b7-5+,14-9?;. The number of hydrogen-bond donors (Lipinski definition) is 0. The molecule has 0 spiro atoms. The Morgan fingerprint density at radius 3 is 2.53 bits per heavy atom. The zero-order chi connectivity index (χ0) is 35.2. The number of pyridine rings is 1. The predicted molar refractivity (Wildman–Crippen MR) is 165 cm³/mol. The lowest BCUT2D eigenvalue weighted by Gasteiger charge is -2.35. The van der Waals surface area contributed by atoms with Crippen molar-refractivity contribution in [3.63, 3.8) is 0 Å². The fraction of sp³-hybridized carbons (Fsp3) is 0.414. The first-order valence-corrected chi connectivity index (χ1v) is 16.0. The van der Waals surface area contributed by atoms with Gasteiger partial charge in [-0.2, -0.15) is 26.7 Å². The van der Waals surface area contributed by atoms with Crippen LogP contribution < -0.4 is 4.18 Å². The van der Waals surface area contributed by atoms with Crippen molar-refractivity contribution in [3.8, 4) is 17.3 Å². The number of alkyl halides is 3. The molecule has 3 aromatic rings. The summed E-state index contributed by atoms with van der Waals surface area (Å²) in [6.45, 7) is 11.8. The smallest absolute Gasteiger partial charge is 0.499 e. The molecule has 0 saturated heterocycles. The van der Waals surface area contributed by atoms with Crippen LogP contribution in [0.15, 0.2) is 48.6 Å². The highest BCUT2D eigenvalue weighted by atomic mass is 32.2. The molecule has 4 heterocycles. The van der Waals surface area contributed by atoms with Crippen molar-refractivity contribution in [2.24, 2.45) is 0 Å². The molecule has 47 heavy (non-hydrogen) atoms. The number of allylic oxidation sites excluding steroid dienone is 2. The number of carbonyl (C=O) groups excluding carboxylic acids is 1. The zero-order valence-corrected chi connectivity index (χ0v) is 27.6. The molecular formula is C29H33F5N4O7S2. The fourth-order valence-electron chi connectivity index (χ4n) is 4.12. The molecule has 1 aliphatic heterocycles. The van der Waals surface area contributed by atoms with E-state index < -0.39 is 39.0 Å². The third kappa shape index (κ3) is 9.51. The summed E-state index contributed by atoms with van der Waals surface area (Å²) in [6, 6.07) is 2.38. The zero-order valence-electron chi connectivity index (χ0n) is 26.0. The lowest BCUT2D eigenvalue weighted by atomic mass is 10.1. The van der Waals surface area contributed by atoms with E-state index in [4.69, 9.17) is 9.47 Å². The van der Waals surface area contributed by atoms with Crippen LogP contribution >= 0.6 is 11.3 Å². The van der Waals surface area contributed by atoms with Crippen molar-refractivity contribution in [2.75, 3.05) is 20.3 Å². The lowest BCUT2D eigenvalue weighted by molar-refractivity contribution is -0.0500. The molecule has 0 aromatic carbocycles. The summed E-state index contributed by atoms with van der Waals surface area (Å²) in [5, 5.41) is 5.72. The second kappa shape index (κ2) is 15.2. The Bertz CT molecular complexity index is 1750. The average molecular weight is 709 g/mol. The normalized spacial score (nSPS) is 15.7. The Hall–Kier alpha value is -4.03. The molecule has 3 aromatic heterocycles. The molecule has 0 saturated carbocycles. The van der Waals surface area contributed by atoms with E-state index in [1.54, 1.807) is 39.5 Å². The van der Waals surface area contributed by atoms with Gasteiger partial charge in [-0.1, -0.05) is 6.58 Å². The van der Waals surface area contributed by atoms with Crippen LogP contribution in [0.3, 0.4) is 0 Å². The fourth-order valence-corrected chi connectivity index (χ4v) is 5.46. The van der Waals surface area contributed by atoms with Crippen LogP contribution in [0.5, 0.6) is 5.88 Å². The maximum Gasteiger partial charge on any atom is 0.534 e. The van der Waals surface area contributed by atoms with E-state index in [1.165, 1.54) is 28.7 Å². The van der Waals surface area contributed by atoms with Crippen molar-refractivity contribution < 1.29 is 53.6 Å². The number of amides is 1. The Morgan fingerprint density at radius 1 is 1.23 bits per heavy atom. The van der Waals surface area contributed by atoms with Crippen LogP contribution in [-0.4, -0.2) is 71.7 Å². The quantitative estimate of drug-likeness (QED) is 0.0572. The Balaban J connectivity index is 0.000000771. The molecule has 1 amide bonds. The minimum absolute atomic E-state index is 0.00449. The van der Waals surface area contributed by atoms with Crippen molar-refractivity contribution in [2.45, 2.75) is 57.9 Å². The van der Waals surface area contributed by atoms with Crippen LogP contribution in [0.4, 0.5) is 26.7 Å². The molecule has 258 valence electrons. The van der Waals surface area contributed by atoms with E-state index in [0.717, 1.165) is 17.4 Å². The summed E-state index contributed by atoms with van der Waals surface area (Å²) in [5.74, 6) is -1.94. The second-order valence-electron chi connectivity index (χ2n) is 10.8. The van der Waals surface area contributed by atoms with Gasteiger partial charge in [-0.3, -0.25) is 9.58 Å². The monoisotopic (exact) mass is 708 g/mol. The molecule has 0 fully saturated rings. The highest BCUT2D eigenvalue weighted by molar-refractivity contribution is 7.88. The highest BCUT2D eigenvalue weighted by Crippen LogP contribution is 2.40. The number of aromatic nitrogens is 3. The summed E-state index contributed by atoms with van der Waals surface area (Å²) in [6.07, 6.45) is 2.20. The molecule has 4 rings (SSSR count). The van der Waals surface area contributed by atoms with Gasteiger partial charge in [-0.15, -0.1) is 11.3 Å². The number of thiophene rings is 1. The van der Waals surface area contributed by atoms with Crippen molar-refractivity contribution in [1.29, 1.82) is 0 Å². The largest absolute Gasteiger partial charge is 0.534 e. The molecule has 1 unspecified atom stereocenters. The average Bonchev–Trinajstić information content (AvgIpc) is 3.60. The van der Waals surface area contributed by atoms with Gasteiger partial charge < -0.3 is 18.4 Å². The third-order valence-corrected chi connectivity index (χ3v) is 8.04. The molecule has 0 N–H and O–H groups in total. The molecule has 0 bridgehead atoms. The Labute approximate surface area is 272 Å². The van der Waals surface area contributed by atoms with E-state index in [9.17, 15) is 35.2 Å². The van der Waals surface area contributed by atoms with E-state index >= 15 is 0 Å². The van der Waals surface area contributed by atoms with E-state index in [0.29, 0.717) is 25.0 Å². The number of hydrogen-bond acceptors (Lipinski definition) is 10. The van der Waals surface area contributed by atoms with E-state index in [-0.39, 0.29) is 52.5 Å². The van der Waals surface area contributed by atoms with Gasteiger partial charge >= 0.3 is 21.7 Å². The molecule has 1 aliphatic rings. The summed E-state index contributed by atoms with van der Waals surface area (Å²) in [5.41, 5.74) is -6.17. The number of rotatable bonds is 9. The van der Waals surface area contributed by atoms with Crippen LogP contribution in [0.25, 0.3) is 27.6 Å². The van der Waals surface area contributed by atoms with Crippen molar-refractivity contribution in [1.82, 2.24) is 19.7 Å². The van der Waals surface area contributed by atoms with Gasteiger partial charge in [0.05, 0.1) is 49.4 Å². The number of fused-ring (bicyclic) bond motifs is 2. The van der Waals surface area contributed by atoms with Crippen LogP contribution in [-0.2, 0) is 37.4 Å². The Morgan fingerprint density at radius 2 is 1.94 bits per heavy atom. The molecule has 1 atom stereocenters. The molecule has 11 nitrogen and oxygen atoms in total. The highest BCUT2D eigenvalue weighted by Gasteiger charge is 2.49. The summed E-state index contributed by atoms with van der Waals surface area (Å²) >= 11 is 0.946. The molecule has 0 radical (unpaired) electrons. The SMILES string of the molecule is C=COCCOC.CC1Cn2nc(-c3nc(OS(=O)(=O)C(F)(F)F)c4ccsc4c3C=C(F)/C=C/F)cc2CN1C(=O)OC(C)(C)C. The van der Waals surface area contributed by atoms with Gasteiger partial charge in [0.1, 0.15) is 29.4 Å². The lowest BCUT2D eigenvalue weighted by Crippen LogP contribution is -2.46. The molecule has 18 heteroatoms. The van der Waals surface area contributed by atoms with Crippen LogP contribution in [0.1, 0.15) is 39.0 Å². The van der Waals surface area contributed by atoms with E-state index in [2.05, 4.69) is 25.6 Å². The Kier molecular flexibility index (Phi) is 12.1. The first kappa shape index (κ1) is 37.4. The maximum absolute atomic E-state index is 14.5. The summed E-state index contributed by atoms with van der Waals surface area (Å²) < 4.78 is 111. The minimum atomic E-state index is -6.10. The van der Waals surface area contributed by atoms with Gasteiger partial charge in [-0.25, -0.2) is 18.6 Å². The number of halogens is 5. The first-order valence-electron chi connectivity index (χ1n) is 13.8. The second-order valence-corrected chi connectivity index (χ2v) is 13.3. The van der Waals surface area contributed by atoms with Gasteiger partial charge in [0.15, 0.2) is 0 Å². The van der Waals surface area contributed by atoms with Crippen LogP contribution in [0.2, 0.25) is 0 Å². The molecule has 0 aliphatic carbocycles. The number of methoxy groups -OCH3 is 1. The van der Waals surface area contributed by atoms with Crippen molar-refractivity contribution >= 4 is 43.7 Å². The maximum atomic E-state index is 14.5. The molecular weight excluding hydrogens is 675 g/mol. The van der Waals surface area contributed by atoms with E-state index in [1.807, 2.05) is 0 Å². The van der Waals surface area contributed by atoms with Crippen molar-refractivity contribution in [3.05, 3.63) is 59.8 Å². The third-order valence-electron chi connectivity index (χ3n) is 6.14. The van der Waals surface area contributed by atoms with Gasteiger partial charge in [0, 0.05) is 23.4 Å². The van der Waals surface area contributed by atoms with Gasteiger partial charge in [0.25, 0.3) is 0 Å². The summed E-state index contributed by atoms with van der Waals surface area (Å²) in [7, 11) is -4.47.